The number of amides is 2. The van der Waals surface area contributed by atoms with E-state index in [0.717, 1.165) is 18.6 Å². The molecule has 2 atom stereocenters. The van der Waals surface area contributed by atoms with Gasteiger partial charge in [0.25, 0.3) is 0 Å². The summed E-state index contributed by atoms with van der Waals surface area (Å²) < 4.78 is 0. The molecule has 0 aromatic heterocycles. The Morgan fingerprint density at radius 1 is 1.26 bits per heavy atom. The number of carbonyl (C=O) groups excluding carboxylic acids is 2. The third kappa shape index (κ3) is 4.86. The van der Waals surface area contributed by atoms with E-state index in [4.69, 9.17) is 0 Å². The molecule has 2 fully saturated rings. The van der Waals surface area contributed by atoms with Gasteiger partial charge in [0.2, 0.25) is 11.8 Å². The average Bonchev–Trinajstić information content (AvgIpc) is 2.98. The maximum absolute atomic E-state index is 12.2. The van der Waals surface area contributed by atoms with Crippen LogP contribution in [0.15, 0.2) is 0 Å². The highest BCUT2D eigenvalue weighted by Crippen LogP contribution is 2.28. The van der Waals surface area contributed by atoms with Crippen LogP contribution < -0.4 is 10.6 Å². The van der Waals surface area contributed by atoms with Crippen molar-refractivity contribution >= 4 is 29.5 Å². The number of nitrogens with one attached hydrogen (secondary N) is 2. The molecule has 0 bridgehead atoms. The maximum atomic E-state index is 12.2. The van der Waals surface area contributed by atoms with Crippen LogP contribution in [0.1, 0.15) is 51.9 Å². The van der Waals surface area contributed by atoms with Gasteiger partial charge in [-0.25, -0.2) is 4.79 Å². The second-order valence-corrected chi connectivity index (χ2v) is 7.78. The zero-order valence-corrected chi connectivity index (χ0v) is 14.4. The number of carboxylic acid groups (broad SMARTS) is 1. The van der Waals surface area contributed by atoms with E-state index >= 15 is 0 Å². The largest absolute Gasteiger partial charge is 0.479 e. The summed E-state index contributed by atoms with van der Waals surface area (Å²) in [4.78, 5) is 35.8. The number of carbonyl (C=O) groups is 3. The fourth-order valence-corrected chi connectivity index (χ4v) is 4.57. The van der Waals surface area contributed by atoms with Crippen molar-refractivity contribution in [1.29, 1.82) is 0 Å². The summed E-state index contributed by atoms with van der Waals surface area (Å²) in [5.41, 5.74) is -1.19. The minimum atomic E-state index is -1.19. The molecular weight excluding hydrogens is 316 g/mol. The van der Waals surface area contributed by atoms with E-state index in [2.05, 4.69) is 10.6 Å². The lowest BCUT2D eigenvalue weighted by atomic mass is 9.87. The monoisotopic (exact) mass is 342 g/mol. The molecule has 1 heterocycles. The van der Waals surface area contributed by atoms with Crippen LogP contribution in [0.5, 0.6) is 0 Å². The normalized spacial score (nSPS) is 26.5. The maximum Gasteiger partial charge on any atom is 0.330 e. The summed E-state index contributed by atoms with van der Waals surface area (Å²) in [7, 11) is 0. The lowest BCUT2D eigenvalue weighted by molar-refractivity contribution is -0.146. The van der Waals surface area contributed by atoms with Gasteiger partial charge < -0.3 is 15.7 Å². The molecule has 2 rings (SSSR count). The van der Waals surface area contributed by atoms with Gasteiger partial charge in [-0.3, -0.25) is 9.59 Å². The van der Waals surface area contributed by atoms with E-state index < -0.39 is 23.5 Å². The number of thioether (sulfide) groups is 1. The Morgan fingerprint density at radius 2 is 1.96 bits per heavy atom. The van der Waals surface area contributed by atoms with Crippen molar-refractivity contribution < 1.29 is 19.5 Å². The molecule has 6 nitrogen and oxygen atoms in total. The summed E-state index contributed by atoms with van der Waals surface area (Å²) >= 11 is 1.52. The first-order valence-electron chi connectivity index (χ1n) is 8.35. The van der Waals surface area contributed by atoms with Gasteiger partial charge in [0.15, 0.2) is 0 Å². The Bertz CT molecular complexity index is 457. The second-order valence-electron chi connectivity index (χ2n) is 6.68. The predicted octanol–water partition coefficient (Wildman–Crippen LogP) is 1.54. The molecule has 0 aromatic rings. The van der Waals surface area contributed by atoms with Gasteiger partial charge in [0.1, 0.15) is 11.6 Å². The molecule has 0 aromatic carbocycles. The van der Waals surface area contributed by atoms with Crippen molar-refractivity contribution in [2.45, 2.75) is 63.5 Å². The molecule has 1 aliphatic heterocycles. The van der Waals surface area contributed by atoms with Gasteiger partial charge in [0.05, 0.1) is 0 Å². The van der Waals surface area contributed by atoms with Crippen molar-refractivity contribution in [3.8, 4) is 0 Å². The van der Waals surface area contributed by atoms with Gasteiger partial charge >= 0.3 is 5.97 Å². The highest BCUT2D eigenvalue weighted by molar-refractivity contribution is 7.99. The van der Waals surface area contributed by atoms with Gasteiger partial charge in [-0.05, 0) is 37.9 Å². The van der Waals surface area contributed by atoms with Crippen molar-refractivity contribution in [2.24, 2.45) is 5.92 Å². The van der Waals surface area contributed by atoms with Gasteiger partial charge in [-0.15, -0.1) is 0 Å². The van der Waals surface area contributed by atoms with Crippen LogP contribution in [-0.4, -0.2) is 46.0 Å². The van der Waals surface area contributed by atoms with Crippen LogP contribution in [-0.2, 0) is 14.4 Å². The van der Waals surface area contributed by atoms with Crippen molar-refractivity contribution in [3.63, 3.8) is 0 Å². The number of aliphatic carboxylic acids is 1. The lowest BCUT2D eigenvalue weighted by Crippen LogP contribution is -2.59. The minimum absolute atomic E-state index is 0.121. The van der Waals surface area contributed by atoms with Crippen molar-refractivity contribution in [3.05, 3.63) is 0 Å². The standard InChI is InChI=1S/C16H26N2O4S/c1-11(17-13(19)9-12-5-3-2-4-6-12)14(20)18-16(15(21)22)7-8-23-10-16/h11-12H,2-10H2,1H3,(H,17,19)(H,18,20)(H,21,22). The number of hydrogen-bond donors (Lipinski definition) is 3. The van der Waals surface area contributed by atoms with Crippen LogP contribution in [0.2, 0.25) is 0 Å². The van der Waals surface area contributed by atoms with Crippen LogP contribution in [0.4, 0.5) is 0 Å². The van der Waals surface area contributed by atoms with Crippen LogP contribution in [0.3, 0.4) is 0 Å². The lowest BCUT2D eigenvalue weighted by Gasteiger charge is -2.27. The summed E-state index contributed by atoms with van der Waals surface area (Å²) in [6, 6.07) is -0.715. The van der Waals surface area contributed by atoms with Crippen molar-refractivity contribution in [2.75, 3.05) is 11.5 Å². The number of rotatable bonds is 6. The molecule has 130 valence electrons. The fourth-order valence-electron chi connectivity index (χ4n) is 3.25. The molecule has 2 unspecified atom stereocenters. The summed E-state index contributed by atoms with van der Waals surface area (Å²) in [6.45, 7) is 1.60. The number of hydrogen-bond acceptors (Lipinski definition) is 4. The summed E-state index contributed by atoms with van der Waals surface area (Å²) in [5, 5.41) is 14.7. The minimum Gasteiger partial charge on any atom is -0.479 e. The first-order valence-corrected chi connectivity index (χ1v) is 9.51. The van der Waals surface area contributed by atoms with Gasteiger partial charge in [0, 0.05) is 12.2 Å². The quantitative estimate of drug-likeness (QED) is 0.680. The second kappa shape index (κ2) is 8.04. The van der Waals surface area contributed by atoms with Crippen LogP contribution in [0.25, 0.3) is 0 Å². The van der Waals surface area contributed by atoms with E-state index in [1.54, 1.807) is 6.92 Å². The fraction of sp³-hybridized carbons (Fsp3) is 0.812. The molecule has 1 saturated heterocycles. The first kappa shape index (κ1) is 18.1. The van der Waals surface area contributed by atoms with E-state index in [9.17, 15) is 19.5 Å². The molecule has 1 aliphatic carbocycles. The zero-order valence-electron chi connectivity index (χ0n) is 13.6. The smallest absolute Gasteiger partial charge is 0.330 e. The van der Waals surface area contributed by atoms with Crippen LogP contribution in [0, 0.1) is 5.92 Å². The SMILES string of the molecule is CC(NC(=O)CC1CCCCC1)C(=O)NC1(C(=O)O)CCSC1. The Morgan fingerprint density at radius 3 is 2.52 bits per heavy atom. The topological polar surface area (TPSA) is 95.5 Å². The highest BCUT2D eigenvalue weighted by Gasteiger charge is 2.44. The third-order valence-electron chi connectivity index (χ3n) is 4.76. The highest BCUT2D eigenvalue weighted by atomic mass is 32.2. The Balaban J connectivity index is 1.81. The molecular formula is C16H26N2O4S. The predicted molar refractivity (Wildman–Crippen MR) is 89.2 cm³/mol. The van der Waals surface area contributed by atoms with Crippen molar-refractivity contribution in [1.82, 2.24) is 10.6 Å². The Hall–Kier alpha value is -1.24. The van der Waals surface area contributed by atoms with E-state index in [1.807, 2.05) is 0 Å². The van der Waals surface area contributed by atoms with Gasteiger partial charge in [-0.2, -0.15) is 11.8 Å². The Labute approximate surface area is 141 Å². The van der Waals surface area contributed by atoms with Gasteiger partial charge in [-0.1, -0.05) is 19.3 Å². The molecule has 2 amide bonds. The van der Waals surface area contributed by atoms with E-state index in [0.29, 0.717) is 24.5 Å². The average molecular weight is 342 g/mol. The first-order chi connectivity index (χ1) is 10.9. The van der Waals surface area contributed by atoms with E-state index in [-0.39, 0.29) is 5.91 Å². The Kier molecular flexibility index (Phi) is 6.33. The molecule has 0 radical (unpaired) electrons. The molecule has 2 aliphatic rings. The van der Waals surface area contributed by atoms with Crippen LogP contribution >= 0.6 is 11.8 Å². The van der Waals surface area contributed by atoms with E-state index in [1.165, 1.54) is 31.0 Å². The summed E-state index contributed by atoms with van der Waals surface area (Å²) in [6.07, 6.45) is 6.62. The molecule has 1 saturated carbocycles. The third-order valence-corrected chi connectivity index (χ3v) is 5.95. The molecule has 23 heavy (non-hydrogen) atoms. The molecule has 7 heteroatoms. The summed E-state index contributed by atoms with van der Waals surface area (Å²) in [5.74, 6) is -0.0463. The molecule has 0 spiro atoms. The molecule has 3 N–H and O–H groups in total. The number of carboxylic acids is 1. The zero-order chi connectivity index (χ0) is 16.9.